The van der Waals surface area contributed by atoms with Gasteiger partial charge >= 0.3 is 0 Å². The molecule has 1 nitrogen and oxygen atoms in total. The first kappa shape index (κ1) is 11.7. The zero-order valence-electron chi connectivity index (χ0n) is 11.4. The molecule has 1 atom stereocenters. The van der Waals surface area contributed by atoms with Crippen LogP contribution in [-0.2, 0) is 0 Å². The van der Waals surface area contributed by atoms with E-state index in [2.05, 4.69) is 71.9 Å². The third kappa shape index (κ3) is 2.20. The largest absolute Gasteiger partial charge is 0.237 e. The lowest BCUT2D eigenvalue weighted by Gasteiger charge is -2.05. The van der Waals surface area contributed by atoms with E-state index in [0.29, 0.717) is 6.04 Å². The average molecular weight is 260 g/mol. The van der Waals surface area contributed by atoms with Crippen LogP contribution in [0.15, 0.2) is 66.2 Å². The minimum Gasteiger partial charge on any atom is -0.237 e. The molecule has 1 heterocycles. The van der Waals surface area contributed by atoms with Crippen molar-refractivity contribution in [2.75, 3.05) is 0 Å². The second-order valence-corrected chi connectivity index (χ2v) is 5.72. The van der Waals surface area contributed by atoms with Crippen LogP contribution in [-0.4, -0.2) is 6.21 Å². The van der Waals surface area contributed by atoms with Crippen molar-refractivity contribution < 1.29 is 4.99 Å². The Morgan fingerprint density at radius 3 is 2.45 bits per heavy atom. The summed E-state index contributed by atoms with van der Waals surface area (Å²) in [7, 11) is 0. The fourth-order valence-corrected chi connectivity index (χ4v) is 2.88. The molecule has 1 N–H and O–H groups in total. The highest BCUT2D eigenvalue weighted by molar-refractivity contribution is 5.77. The Hall–Kier alpha value is -2.15. The molecule has 2 aliphatic rings. The summed E-state index contributed by atoms with van der Waals surface area (Å²) in [5.41, 5.74) is 5.42. The van der Waals surface area contributed by atoms with Gasteiger partial charge in [0.2, 0.25) is 0 Å². The minimum absolute atomic E-state index is 0.342. The summed E-state index contributed by atoms with van der Waals surface area (Å²) in [4.78, 5) is 3.51. The predicted molar refractivity (Wildman–Crippen MR) is 82.5 cm³/mol. The molecule has 1 saturated carbocycles. The summed E-state index contributed by atoms with van der Waals surface area (Å²) < 4.78 is 0. The average Bonchev–Trinajstić information content (AvgIpc) is 3.26. The molecule has 1 fully saturated rings. The number of hydrogen-bond donors (Lipinski definition) is 1. The second kappa shape index (κ2) is 4.75. The van der Waals surface area contributed by atoms with Crippen LogP contribution in [0.5, 0.6) is 0 Å². The van der Waals surface area contributed by atoms with Gasteiger partial charge in [0.25, 0.3) is 0 Å². The van der Waals surface area contributed by atoms with Gasteiger partial charge in [-0.05, 0) is 42.0 Å². The molecule has 4 rings (SSSR count). The molecule has 0 amide bonds. The van der Waals surface area contributed by atoms with Crippen LogP contribution < -0.4 is 4.99 Å². The number of nitrogens with one attached hydrogen (secondary N) is 1. The SMILES string of the molecule is C1=[NH+]C(c2cccc(-c3ccccc3)c2)C=C1C1CC1. The third-order valence-electron chi connectivity index (χ3n) is 4.19. The lowest BCUT2D eigenvalue weighted by Crippen LogP contribution is -2.67. The molecule has 0 saturated heterocycles. The van der Waals surface area contributed by atoms with Gasteiger partial charge in [-0.2, -0.15) is 0 Å². The molecule has 2 aromatic carbocycles. The normalized spacial score (nSPS) is 21.0. The molecular weight excluding hydrogens is 242 g/mol. The number of rotatable bonds is 3. The van der Waals surface area contributed by atoms with E-state index in [4.69, 9.17) is 0 Å². The van der Waals surface area contributed by atoms with Gasteiger partial charge in [-0.3, -0.25) is 0 Å². The van der Waals surface area contributed by atoms with E-state index < -0.39 is 0 Å². The maximum Gasteiger partial charge on any atom is 0.195 e. The van der Waals surface area contributed by atoms with Gasteiger partial charge in [0.05, 0.1) is 0 Å². The first-order chi connectivity index (χ1) is 9.90. The Morgan fingerprint density at radius 2 is 1.65 bits per heavy atom. The molecule has 2 aromatic rings. The topological polar surface area (TPSA) is 14.0 Å². The molecule has 1 unspecified atom stereocenters. The Labute approximate surface area is 119 Å². The number of hydrogen-bond acceptors (Lipinski definition) is 0. The maximum absolute atomic E-state index is 3.51. The predicted octanol–water partition coefficient (Wildman–Crippen LogP) is 2.90. The van der Waals surface area contributed by atoms with Gasteiger partial charge in [0.15, 0.2) is 12.3 Å². The zero-order chi connectivity index (χ0) is 13.4. The monoisotopic (exact) mass is 260 g/mol. The molecule has 1 heteroatoms. The van der Waals surface area contributed by atoms with Crippen LogP contribution in [0.4, 0.5) is 0 Å². The first-order valence-corrected chi connectivity index (χ1v) is 7.36. The summed E-state index contributed by atoms with van der Waals surface area (Å²) >= 11 is 0. The Bertz CT molecular complexity index is 678. The molecule has 0 spiro atoms. The summed E-state index contributed by atoms with van der Waals surface area (Å²) in [5.74, 6) is 0.824. The van der Waals surface area contributed by atoms with E-state index in [0.717, 1.165) is 5.92 Å². The fraction of sp³-hybridized carbons (Fsp3) is 0.211. The summed E-state index contributed by atoms with van der Waals surface area (Å²) in [6, 6.07) is 19.8. The van der Waals surface area contributed by atoms with Crippen LogP contribution in [0.1, 0.15) is 24.4 Å². The molecule has 1 aliphatic heterocycles. The Kier molecular flexibility index (Phi) is 2.77. The van der Waals surface area contributed by atoms with Crippen molar-refractivity contribution in [3.05, 3.63) is 71.8 Å². The summed E-state index contributed by atoms with van der Waals surface area (Å²) in [5, 5.41) is 0. The van der Waals surface area contributed by atoms with Crippen molar-refractivity contribution in [2.45, 2.75) is 18.9 Å². The standard InChI is InChI=1S/C19H17N/c1-2-5-14(6-3-1)16-7-4-8-17(11-16)19-12-18(13-20-19)15-9-10-15/h1-8,11-13,15,19H,9-10H2/p+1. The molecule has 20 heavy (non-hydrogen) atoms. The molecule has 98 valence electrons. The summed E-state index contributed by atoms with van der Waals surface area (Å²) in [6.07, 6.45) is 7.32. The van der Waals surface area contributed by atoms with Crippen LogP contribution in [0.3, 0.4) is 0 Å². The molecule has 0 bridgehead atoms. The van der Waals surface area contributed by atoms with Gasteiger partial charge in [-0.15, -0.1) is 0 Å². The quantitative estimate of drug-likeness (QED) is 0.872. The second-order valence-electron chi connectivity index (χ2n) is 5.72. The van der Waals surface area contributed by atoms with E-state index in [-0.39, 0.29) is 0 Å². The van der Waals surface area contributed by atoms with E-state index in [1.54, 1.807) is 0 Å². The first-order valence-electron chi connectivity index (χ1n) is 7.36. The molecule has 0 aromatic heterocycles. The van der Waals surface area contributed by atoms with E-state index in [9.17, 15) is 0 Å². The van der Waals surface area contributed by atoms with E-state index in [1.807, 2.05) is 0 Å². The minimum atomic E-state index is 0.342. The van der Waals surface area contributed by atoms with Crippen molar-refractivity contribution in [3.8, 4) is 11.1 Å². The van der Waals surface area contributed by atoms with Crippen LogP contribution in [0.2, 0.25) is 0 Å². The van der Waals surface area contributed by atoms with Crippen LogP contribution in [0, 0.1) is 5.92 Å². The van der Waals surface area contributed by atoms with Crippen molar-refractivity contribution in [1.82, 2.24) is 0 Å². The highest BCUT2D eigenvalue weighted by Crippen LogP contribution is 2.37. The lowest BCUT2D eigenvalue weighted by atomic mass is 9.99. The van der Waals surface area contributed by atoms with E-state index in [1.165, 1.54) is 35.1 Å². The van der Waals surface area contributed by atoms with Gasteiger partial charge < -0.3 is 0 Å². The van der Waals surface area contributed by atoms with Gasteiger partial charge in [-0.1, -0.05) is 48.5 Å². The smallest absolute Gasteiger partial charge is 0.195 e. The summed E-state index contributed by atoms with van der Waals surface area (Å²) in [6.45, 7) is 0. The highest BCUT2D eigenvalue weighted by Gasteiger charge is 2.31. The van der Waals surface area contributed by atoms with Gasteiger partial charge in [-0.25, -0.2) is 4.99 Å². The number of benzene rings is 2. The number of allylic oxidation sites excluding steroid dienone is 1. The van der Waals surface area contributed by atoms with Crippen LogP contribution in [0.25, 0.3) is 11.1 Å². The van der Waals surface area contributed by atoms with Crippen molar-refractivity contribution >= 4 is 6.21 Å². The maximum atomic E-state index is 3.51. The van der Waals surface area contributed by atoms with Gasteiger partial charge in [0, 0.05) is 11.1 Å². The zero-order valence-corrected chi connectivity index (χ0v) is 11.4. The molecular formula is C19H18N+. The van der Waals surface area contributed by atoms with Crippen molar-refractivity contribution in [3.63, 3.8) is 0 Å². The lowest BCUT2D eigenvalue weighted by molar-refractivity contribution is -0.485. The van der Waals surface area contributed by atoms with Crippen molar-refractivity contribution in [1.29, 1.82) is 0 Å². The van der Waals surface area contributed by atoms with Crippen LogP contribution >= 0.6 is 0 Å². The third-order valence-corrected chi connectivity index (χ3v) is 4.19. The Balaban J connectivity index is 1.65. The Morgan fingerprint density at radius 1 is 0.850 bits per heavy atom. The fourth-order valence-electron chi connectivity index (χ4n) is 2.88. The molecule has 1 aliphatic carbocycles. The van der Waals surface area contributed by atoms with Gasteiger partial charge in [0.1, 0.15) is 0 Å². The van der Waals surface area contributed by atoms with E-state index >= 15 is 0 Å². The van der Waals surface area contributed by atoms with Crippen molar-refractivity contribution in [2.24, 2.45) is 5.92 Å². The molecule has 0 radical (unpaired) electrons. The highest BCUT2D eigenvalue weighted by atomic mass is 14.8.